The second-order valence-electron chi connectivity index (χ2n) is 5.98. The third-order valence-corrected chi connectivity index (χ3v) is 4.19. The molecule has 0 unspecified atom stereocenters. The summed E-state index contributed by atoms with van der Waals surface area (Å²) in [6.45, 7) is 11.8. The fourth-order valence-corrected chi connectivity index (χ4v) is 2.66. The molecule has 3 heteroatoms. The van der Waals surface area contributed by atoms with Crippen LogP contribution in [0.1, 0.15) is 33.1 Å². The molecule has 0 atom stereocenters. The number of hydrogen-bond donors (Lipinski definition) is 2. The summed E-state index contributed by atoms with van der Waals surface area (Å²) >= 11 is 0. The molecule has 16 heavy (non-hydrogen) atoms. The van der Waals surface area contributed by atoms with Crippen LogP contribution in [0.3, 0.4) is 0 Å². The minimum atomic E-state index is 0.311. The van der Waals surface area contributed by atoms with Gasteiger partial charge in [-0.3, -0.25) is 4.90 Å². The van der Waals surface area contributed by atoms with Crippen molar-refractivity contribution in [2.45, 2.75) is 38.6 Å². The van der Waals surface area contributed by atoms with E-state index in [0.717, 1.165) is 25.6 Å². The monoisotopic (exact) mass is 225 g/mol. The van der Waals surface area contributed by atoms with Crippen LogP contribution in [0.15, 0.2) is 0 Å². The summed E-state index contributed by atoms with van der Waals surface area (Å²) in [4.78, 5) is 2.61. The maximum Gasteiger partial charge on any atom is 0.0278 e. The second-order valence-corrected chi connectivity index (χ2v) is 5.98. The summed E-state index contributed by atoms with van der Waals surface area (Å²) in [5.41, 5.74) is 0.311. The Balaban J connectivity index is 1.68. The maximum atomic E-state index is 3.66. The zero-order valence-electron chi connectivity index (χ0n) is 10.9. The first-order valence-electron chi connectivity index (χ1n) is 6.85. The maximum absolute atomic E-state index is 3.66. The second kappa shape index (κ2) is 5.48. The highest BCUT2D eigenvalue weighted by atomic mass is 15.2. The van der Waals surface area contributed by atoms with Gasteiger partial charge >= 0.3 is 0 Å². The van der Waals surface area contributed by atoms with E-state index in [1.807, 2.05) is 0 Å². The van der Waals surface area contributed by atoms with E-state index in [-0.39, 0.29) is 0 Å². The van der Waals surface area contributed by atoms with Crippen LogP contribution in [-0.2, 0) is 0 Å². The SMILES string of the molecule is CC(C)(CNCC1CCC1)N1CCNCC1. The van der Waals surface area contributed by atoms with Gasteiger partial charge < -0.3 is 10.6 Å². The molecule has 1 saturated heterocycles. The number of nitrogens with zero attached hydrogens (tertiary/aromatic N) is 1. The van der Waals surface area contributed by atoms with Gasteiger partial charge in [-0.25, -0.2) is 0 Å². The molecule has 2 aliphatic rings. The Morgan fingerprint density at radius 2 is 1.94 bits per heavy atom. The highest BCUT2D eigenvalue weighted by Crippen LogP contribution is 2.25. The molecule has 2 N–H and O–H groups in total. The van der Waals surface area contributed by atoms with Gasteiger partial charge in [0.15, 0.2) is 0 Å². The van der Waals surface area contributed by atoms with Crippen LogP contribution < -0.4 is 10.6 Å². The van der Waals surface area contributed by atoms with Gasteiger partial charge in [-0.05, 0) is 39.2 Å². The van der Waals surface area contributed by atoms with Gasteiger partial charge in [0, 0.05) is 38.3 Å². The highest BCUT2D eigenvalue weighted by Gasteiger charge is 2.27. The number of nitrogens with one attached hydrogen (secondary N) is 2. The van der Waals surface area contributed by atoms with Gasteiger partial charge in [0.25, 0.3) is 0 Å². The minimum Gasteiger partial charge on any atom is -0.315 e. The molecule has 0 radical (unpaired) electrons. The zero-order valence-corrected chi connectivity index (χ0v) is 10.9. The Bertz CT molecular complexity index is 205. The Labute approximate surface area is 100.0 Å². The van der Waals surface area contributed by atoms with E-state index >= 15 is 0 Å². The summed E-state index contributed by atoms with van der Waals surface area (Å²) in [7, 11) is 0. The van der Waals surface area contributed by atoms with Crippen LogP contribution in [0.5, 0.6) is 0 Å². The molecule has 94 valence electrons. The first-order valence-corrected chi connectivity index (χ1v) is 6.85. The molecular weight excluding hydrogens is 198 g/mol. The lowest BCUT2D eigenvalue weighted by Crippen LogP contribution is -2.57. The van der Waals surface area contributed by atoms with E-state index in [0.29, 0.717) is 5.54 Å². The van der Waals surface area contributed by atoms with Crippen molar-refractivity contribution in [3.8, 4) is 0 Å². The molecule has 0 bridgehead atoms. The predicted octanol–water partition coefficient (Wildman–Crippen LogP) is 1.06. The topological polar surface area (TPSA) is 27.3 Å². The minimum absolute atomic E-state index is 0.311. The fourth-order valence-electron chi connectivity index (χ4n) is 2.66. The van der Waals surface area contributed by atoms with Crippen molar-refractivity contribution < 1.29 is 0 Å². The summed E-state index contributed by atoms with van der Waals surface area (Å²) in [5, 5.41) is 7.08. The van der Waals surface area contributed by atoms with Crippen LogP contribution in [0, 0.1) is 5.92 Å². The average Bonchev–Trinajstić information content (AvgIpc) is 2.23. The Kier molecular flexibility index (Phi) is 4.22. The van der Waals surface area contributed by atoms with E-state index in [4.69, 9.17) is 0 Å². The first kappa shape index (κ1) is 12.3. The number of piperazine rings is 1. The van der Waals surface area contributed by atoms with Gasteiger partial charge in [0.1, 0.15) is 0 Å². The van der Waals surface area contributed by atoms with Crippen molar-refractivity contribution in [1.29, 1.82) is 0 Å². The molecule has 0 spiro atoms. The molecule has 2 rings (SSSR count). The normalized spacial score (nSPS) is 24.4. The van der Waals surface area contributed by atoms with Gasteiger partial charge in [-0.15, -0.1) is 0 Å². The standard InChI is InChI=1S/C13H27N3/c1-13(2,16-8-6-14-7-9-16)11-15-10-12-4-3-5-12/h12,14-15H,3-11H2,1-2H3. The van der Waals surface area contributed by atoms with Crippen LogP contribution in [-0.4, -0.2) is 49.7 Å². The largest absolute Gasteiger partial charge is 0.315 e. The van der Waals surface area contributed by atoms with E-state index in [2.05, 4.69) is 29.4 Å². The molecule has 1 saturated carbocycles. The van der Waals surface area contributed by atoms with Crippen LogP contribution >= 0.6 is 0 Å². The smallest absolute Gasteiger partial charge is 0.0278 e. The van der Waals surface area contributed by atoms with Crippen LogP contribution in [0.4, 0.5) is 0 Å². The number of hydrogen-bond acceptors (Lipinski definition) is 3. The Morgan fingerprint density at radius 3 is 2.50 bits per heavy atom. The fraction of sp³-hybridized carbons (Fsp3) is 1.00. The van der Waals surface area contributed by atoms with E-state index in [1.54, 1.807) is 0 Å². The van der Waals surface area contributed by atoms with Gasteiger partial charge in [0.05, 0.1) is 0 Å². The van der Waals surface area contributed by atoms with E-state index in [1.165, 1.54) is 38.9 Å². The molecule has 0 aromatic rings. The molecule has 3 nitrogen and oxygen atoms in total. The van der Waals surface area contributed by atoms with Crippen molar-refractivity contribution in [1.82, 2.24) is 15.5 Å². The lowest BCUT2D eigenvalue weighted by molar-refractivity contribution is 0.0998. The van der Waals surface area contributed by atoms with E-state index < -0.39 is 0 Å². The van der Waals surface area contributed by atoms with Crippen LogP contribution in [0.25, 0.3) is 0 Å². The summed E-state index contributed by atoms with van der Waals surface area (Å²) in [6, 6.07) is 0. The molecular formula is C13H27N3. The Morgan fingerprint density at radius 1 is 1.25 bits per heavy atom. The molecule has 2 fully saturated rings. The predicted molar refractivity (Wildman–Crippen MR) is 68.7 cm³/mol. The third kappa shape index (κ3) is 3.19. The summed E-state index contributed by atoms with van der Waals surface area (Å²) in [5.74, 6) is 0.971. The molecule has 1 aliphatic heterocycles. The summed E-state index contributed by atoms with van der Waals surface area (Å²) in [6.07, 6.45) is 4.34. The van der Waals surface area contributed by atoms with Crippen molar-refractivity contribution in [2.75, 3.05) is 39.3 Å². The molecule has 0 aromatic heterocycles. The molecule has 1 aliphatic carbocycles. The van der Waals surface area contributed by atoms with Gasteiger partial charge in [0.2, 0.25) is 0 Å². The van der Waals surface area contributed by atoms with Crippen molar-refractivity contribution in [2.24, 2.45) is 5.92 Å². The Hall–Kier alpha value is -0.120. The highest BCUT2D eigenvalue weighted by molar-refractivity contribution is 4.87. The first-order chi connectivity index (χ1) is 7.68. The van der Waals surface area contributed by atoms with Gasteiger partial charge in [-0.2, -0.15) is 0 Å². The van der Waals surface area contributed by atoms with E-state index in [9.17, 15) is 0 Å². The quantitative estimate of drug-likeness (QED) is 0.732. The molecule has 0 aromatic carbocycles. The third-order valence-electron chi connectivity index (χ3n) is 4.19. The van der Waals surface area contributed by atoms with Gasteiger partial charge in [-0.1, -0.05) is 6.42 Å². The van der Waals surface area contributed by atoms with Crippen LogP contribution in [0.2, 0.25) is 0 Å². The molecule has 1 heterocycles. The number of rotatable bonds is 5. The lowest BCUT2D eigenvalue weighted by Gasteiger charge is -2.42. The zero-order chi connectivity index (χ0) is 11.4. The van der Waals surface area contributed by atoms with Crippen molar-refractivity contribution in [3.05, 3.63) is 0 Å². The molecule has 0 amide bonds. The summed E-state index contributed by atoms with van der Waals surface area (Å²) < 4.78 is 0. The van der Waals surface area contributed by atoms with Crippen molar-refractivity contribution in [3.63, 3.8) is 0 Å². The van der Waals surface area contributed by atoms with Crippen molar-refractivity contribution >= 4 is 0 Å². The lowest BCUT2D eigenvalue weighted by atomic mass is 9.85. The average molecular weight is 225 g/mol.